The molecule has 0 aliphatic carbocycles. The Bertz CT molecular complexity index is 918. The molecule has 0 heterocycles. The molecule has 0 saturated heterocycles. The number of sulfonamides is 1. The highest BCUT2D eigenvalue weighted by molar-refractivity contribution is 9.10. The van der Waals surface area contributed by atoms with E-state index < -0.39 is 21.5 Å². The SMILES string of the molecule is C#CC(C)(C)NC(=O)CN(c1ccc(Br)cc1)S(=O)(=O)c1ccccc1. The summed E-state index contributed by atoms with van der Waals surface area (Å²) in [4.78, 5) is 12.5. The minimum Gasteiger partial charge on any atom is -0.339 e. The van der Waals surface area contributed by atoms with Crippen LogP contribution >= 0.6 is 15.9 Å². The van der Waals surface area contributed by atoms with Crippen LogP contribution in [0.1, 0.15) is 13.8 Å². The predicted octanol–water partition coefficient (Wildman–Crippen LogP) is 3.17. The van der Waals surface area contributed by atoms with Crippen molar-refractivity contribution in [3.63, 3.8) is 0 Å². The zero-order chi connectivity index (χ0) is 19.4. The Morgan fingerprint density at radius 1 is 1.15 bits per heavy atom. The first-order valence-electron chi connectivity index (χ1n) is 7.78. The van der Waals surface area contributed by atoms with Gasteiger partial charge in [0.05, 0.1) is 16.1 Å². The first-order valence-corrected chi connectivity index (χ1v) is 10.0. The third-order valence-electron chi connectivity index (χ3n) is 3.55. The largest absolute Gasteiger partial charge is 0.339 e. The molecule has 0 aromatic heterocycles. The summed E-state index contributed by atoms with van der Waals surface area (Å²) in [5, 5.41) is 2.65. The van der Waals surface area contributed by atoms with E-state index in [1.54, 1.807) is 56.3 Å². The summed E-state index contributed by atoms with van der Waals surface area (Å²) in [6.45, 7) is 2.95. The number of rotatable bonds is 6. The van der Waals surface area contributed by atoms with E-state index in [-0.39, 0.29) is 11.4 Å². The Balaban J connectivity index is 2.42. The van der Waals surface area contributed by atoms with Gasteiger partial charge < -0.3 is 5.32 Å². The molecule has 0 aliphatic rings. The van der Waals surface area contributed by atoms with Crippen LogP contribution in [0.3, 0.4) is 0 Å². The highest BCUT2D eigenvalue weighted by Gasteiger charge is 2.28. The Morgan fingerprint density at radius 2 is 1.73 bits per heavy atom. The van der Waals surface area contributed by atoms with Crippen LogP contribution < -0.4 is 9.62 Å². The minimum absolute atomic E-state index is 0.104. The number of nitrogens with zero attached hydrogens (tertiary/aromatic N) is 1. The van der Waals surface area contributed by atoms with Crippen molar-refractivity contribution in [1.82, 2.24) is 5.32 Å². The molecule has 0 radical (unpaired) electrons. The first-order chi connectivity index (χ1) is 12.2. The molecule has 26 heavy (non-hydrogen) atoms. The fraction of sp³-hybridized carbons (Fsp3) is 0.211. The van der Waals surface area contributed by atoms with E-state index >= 15 is 0 Å². The average molecular weight is 435 g/mol. The fourth-order valence-electron chi connectivity index (χ4n) is 2.20. The molecule has 2 rings (SSSR count). The molecule has 0 fully saturated rings. The Labute approximate surface area is 162 Å². The van der Waals surface area contributed by atoms with Crippen LogP contribution in [0.4, 0.5) is 5.69 Å². The van der Waals surface area contributed by atoms with Crippen LogP contribution in [0.5, 0.6) is 0 Å². The zero-order valence-corrected chi connectivity index (χ0v) is 16.8. The van der Waals surface area contributed by atoms with Gasteiger partial charge in [0.15, 0.2) is 0 Å². The molecule has 2 aromatic carbocycles. The van der Waals surface area contributed by atoms with Crippen LogP contribution in [0.2, 0.25) is 0 Å². The van der Waals surface area contributed by atoms with E-state index in [0.29, 0.717) is 5.69 Å². The molecule has 1 N–H and O–H groups in total. The molecule has 136 valence electrons. The Morgan fingerprint density at radius 3 is 2.27 bits per heavy atom. The maximum Gasteiger partial charge on any atom is 0.264 e. The normalized spacial score (nSPS) is 11.5. The molecule has 0 atom stereocenters. The van der Waals surface area contributed by atoms with Crippen molar-refractivity contribution in [2.75, 3.05) is 10.8 Å². The summed E-state index contributed by atoms with van der Waals surface area (Å²) in [6, 6.07) is 14.7. The van der Waals surface area contributed by atoms with Gasteiger partial charge in [0.1, 0.15) is 6.54 Å². The zero-order valence-electron chi connectivity index (χ0n) is 14.4. The first kappa shape index (κ1) is 20.0. The lowest BCUT2D eigenvalue weighted by molar-refractivity contribution is -0.120. The lowest BCUT2D eigenvalue weighted by Gasteiger charge is -2.26. The molecular formula is C19H19BrN2O3S. The number of halogens is 1. The van der Waals surface area contributed by atoms with E-state index in [4.69, 9.17) is 6.42 Å². The van der Waals surface area contributed by atoms with Crippen molar-refractivity contribution in [3.8, 4) is 12.3 Å². The molecule has 7 heteroatoms. The summed E-state index contributed by atoms with van der Waals surface area (Å²) in [5.41, 5.74) is -0.496. The van der Waals surface area contributed by atoms with Gasteiger partial charge in [-0.3, -0.25) is 9.10 Å². The number of terminal acetylenes is 1. The molecule has 1 amide bonds. The van der Waals surface area contributed by atoms with Gasteiger partial charge in [-0.05, 0) is 50.2 Å². The second-order valence-electron chi connectivity index (χ2n) is 6.12. The maximum absolute atomic E-state index is 13.1. The van der Waals surface area contributed by atoms with E-state index in [1.165, 1.54) is 12.1 Å². The van der Waals surface area contributed by atoms with Gasteiger partial charge in [0, 0.05) is 4.47 Å². The van der Waals surface area contributed by atoms with Gasteiger partial charge in [-0.15, -0.1) is 6.42 Å². The number of carbonyl (C=O) groups excluding carboxylic acids is 1. The highest BCUT2D eigenvalue weighted by atomic mass is 79.9. The van der Waals surface area contributed by atoms with Crippen molar-refractivity contribution >= 4 is 37.5 Å². The van der Waals surface area contributed by atoms with E-state index in [1.807, 2.05) is 0 Å². The number of anilines is 1. The number of benzene rings is 2. The number of hydrogen-bond acceptors (Lipinski definition) is 3. The number of amides is 1. The van der Waals surface area contributed by atoms with Crippen molar-refractivity contribution < 1.29 is 13.2 Å². The second kappa shape index (κ2) is 7.94. The lowest BCUT2D eigenvalue weighted by atomic mass is 10.1. The van der Waals surface area contributed by atoms with Crippen molar-refractivity contribution in [1.29, 1.82) is 0 Å². The van der Waals surface area contributed by atoms with Crippen molar-refractivity contribution in [2.24, 2.45) is 0 Å². The average Bonchev–Trinajstić information content (AvgIpc) is 2.61. The molecule has 0 spiro atoms. The molecular weight excluding hydrogens is 416 g/mol. The summed E-state index contributed by atoms with van der Waals surface area (Å²) >= 11 is 3.32. The molecule has 0 unspecified atom stereocenters. The van der Waals surface area contributed by atoms with Crippen LogP contribution in [0.25, 0.3) is 0 Å². The third kappa shape index (κ3) is 4.87. The van der Waals surface area contributed by atoms with E-state index in [9.17, 15) is 13.2 Å². The van der Waals surface area contributed by atoms with Crippen molar-refractivity contribution in [3.05, 3.63) is 59.1 Å². The monoisotopic (exact) mass is 434 g/mol. The molecule has 0 saturated carbocycles. The van der Waals surface area contributed by atoms with Gasteiger partial charge in [-0.25, -0.2) is 8.42 Å². The Kier molecular flexibility index (Phi) is 6.11. The molecule has 5 nitrogen and oxygen atoms in total. The van der Waals surface area contributed by atoms with Gasteiger partial charge in [-0.1, -0.05) is 40.0 Å². The fourth-order valence-corrected chi connectivity index (χ4v) is 3.90. The van der Waals surface area contributed by atoms with E-state index in [0.717, 1.165) is 8.78 Å². The summed E-state index contributed by atoms with van der Waals surface area (Å²) in [5.74, 6) is 1.97. The van der Waals surface area contributed by atoms with Gasteiger partial charge in [-0.2, -0.15) is 0 Å². The highest BCUT2D eigenvalue weighted by Crippen LogP contribution is 2.25. The van der Waals surface area contributed by atoms with Crippen molar-refractivity contribution in [2.45, 2.75) is 24.3 Å². The van der Waals surface area contributed by atoms with Crippen LogP contribution in [0, 0.1) is 12.3 Å². The molecule has 2 aromatic rings. The lowest BCUT2D eigenvalue weighted by Crippen LogP contribution is -2.48. The van der Waals surface area contributed by atoms with Crippen LogP contribution in [0.15, 0.2) is 64.0 Å². The van der Waals surface area contributed by atoms with Crippen LogP contribution in [-0.2, 0) is 14.8 Å². The second-order valence-corrected chi connectivity index (χ2v) is 8.90. The number of hydrogen-bond donors (Lipinski definition) is 1. The third-order valence-corrected chi connectivity index (χ3v) is 5.86. The van der Waals surface area contributed by atoms with Crippen LogP contribution in [-0.4, -0.2) is 26.4 Å². The van der Waals surface area contributed by atoms with Gasteiger partial charge >= 0.3 is 0 Å². The minimum atomic E-state index is -3.92. The van der Waals surface area contributed by atoms with Gasteiger partial charge in [0.2, 0.25) is 5.91 Å². The standard InChI is InChI=1S/C19H19BrN2O3S/c1-4-19(2,3)21-18(23)14-22(16-12-10-15(20)11-13-16)26(24,25)17-8-6-5-7-9-17/h1,5-13H,14H2,2-3H3,(H,21,23). The predicted molar refractivity (Wildman–Crippen MR) is 106 cm³/mol. The quantitative estimate of drug-likeness (QED) is 0.709. The summed E-state index contributed by atoms with van der Waals surface area (Å²) < 4.78 is 28.0. The van der Waals surface area contributed by atoms with E-state index in [2.05, 4.69) is 27.2 Å². The summed E-state index contributed by atoms with van der Waals surface area (Å²) in [6.07, 6.45) is 5.39. The molecule has 0 bridgehead atoms. The number of nitrogens with one attached hydrogen (secondary N) is 1. The smallest absolute Gasteiger partial charge is 0.264 e. The Hall–Kier alpha value is -2.30. The summed E-state index contributed by atoms with van der Waals surface area (Å²) in [7, 11) is -3.92. The number of carbonyl (C=O) groups is 1. The van der Waals surface area contributed by atoms with Gasteiger partial charge in [0.25, 0.3) is 10.0 Å². The maximum atomic E-state index is 13.1. The molecule has 0 aliphatic heterocycles. The topological polar surface area (TPSA) is 66.5 Å².